The van der Waals surface area contributed by atoms with Crippen LogP contribution in [-0.2, 0) is 11.8 Å². The predicted molar refractivity (Wildman–Crippen MR) is 86.3 cm³/mol. The van der Waals surface area contributed by atoms with Crippen LogP contribution in [0.15, 0.2) is 40.6 Å². The summed E-state index contributed by atoms with van der Waals surface area (Å²) < 4.78 is 7.01. The van der Waals surface area contributed by atoms with Gasteiger partial charge in [-0.2, -0.15) is 0 Å². The molecule has 2 aromatic heterocycles. The second-order valence-electron chi connectivity index (χ2n) is 4.70. The SMILES string of the molecule is CCOC(=O)c1c(-c2ccccc2)c2ncsc2c(=O)n1C. The van der Waals surface area contributed by atoms with Gasteiger partial charge >= 0.3 is 5.97 Å². The molecular formula is C16H14N2O3S. The monoisotopic (exact) mass is 314 g/mol. The van der Waals surface area contributed by atoms with Gasteiger partial charge in [0.15, 0.2) is 0 Å². The highest BCUT2D eigenvalue weighted by Crippen LogP contribution is 2.31. The van der Waals surface area contributed by atoms with E-state index in [1.807, 2.05) is 30.3 Å². The Labute approximate surface area is 130 Å². The third kappa shape index (κ3) is 2.21. The van der Waals surface area contributed by atoms with E-state index in [9.17, 15) is 9.59 Å². The fourth-order valence-electron chi connectivity index (χ4n) is 2.43. The standard InChI is InChI=1S/C16H14N2O3S/c1-3-21-16(20)13-11(10-7-5-4-6-8-10)12-14(22-9-17-12)15(19)18(13)2/h4-9H,3H2,1-2H3. The van der Waals surface area contributed by atoms with Gasteiger partial charge in [-0.1, -0.05) is 30.3 Å². The number of esters is 1. The molecule has 1 aromatic carbocycles. The molecule has 0 bridgehead atoms. The molecule has 0 unspecified atom stereocenters. The smallest absolute Gasteiger partial charge is 0.355 e. The van der Waals surface area contributed by atoms with E-state index in [4.69, 9.17) is 4.74 Å². The number of benzene rings is 1. The van der Waals surface area contributed by atoms with E-state index in [1.54, 1.807) is 19.5 Å². The van der Waals surface area contributed by atoms with E-state index in [2.05, 4.69) is 4.98 Å². The average Bonchev–Trinajstić information content (AvgIpc) is 3.01. The normalized spacial score (nSPS) is 10.8. The van der Waals surface area contributed by atoms with Crippen LogP contribution in [0.3, 0.4) is 0 Å². The van der Waals surface area contributed by atoms with Crippen LogP contribution in [0.1, 0.15) is 17.4 Å². The van der Waals surface area contributed by atoms with Gasteiger partial charge in [0, 0.05) is 12.6 Å². The molecule has 2 heterocycles. The third-order valence-electron chi connectivity index (χ3n) is 3.41. The van der Waals surface area contributed by atoms with Gasteiger partial charge in [0.25, 0.3) is 5.56 Å². The molecule has 0 N–H and O–H groups in total. The van der Waals surface area contributed by atoms with Gasteiger partial charge in [0.2, 0.25) is 0 Å². The number of hydrogen-bond acceptors (Lipinski definition) is 5. The molecule has 3 rings (SSSR count). The fraction of sp³-hybridized carbons (Fsp3) is 0.188. The first kappa shape index (κ1) is 14.5. The molecule has 0 atom stereocenters. The van der Waals surface area contributed by atoms with Crippen LogP contribution in [-0.4, -0.2) is 22.1 Å². The zero-order chi connectivity index (χ0) is 15.7. The summed E-state index contributed by atoms with van der Waals surface area (Å²) in [5.74, 6) is -0.518. The van der Waals surface area contributed by atoms with Crippen molar-refractivity contribution in [2.24, 2.45) is 7.05 Å². The summed E-state index contributed by atoms with van der Waals surface area (Å²) in [5.41, 5.74) is 3.63. The summed E-state index contributed by atoms with van der Waals surface area (Å²) in [5, 5.41) is 0. The van der Waals surface area contributed by atoms with Gasteiger partial charge in [0.1, 0.15) is 10.4 Å². The minimum Gasteiger partial charge on any atom is -0.461 e. The van der Waals surface area contributed by atoms with Gasteiger partial charge in [-0.3, -0.25) is 4.79 Å². The Morgan fingerprint density at radius 3 is 2.73 bits per heavy atom. The van der Waals surface area contributed by atoms with E-state index < -0.39 is 5.97 Å². The van der Waals surface area contributed by atoms with Crippen molar-refractivity contribution < 1.29 is 9.53 Å². The lowest BCUT2D eigenvalue weighted by molar-refractivity contribution is 0.0515. The van der Waals surface area contributed by atoms with Gasteiger partial charge in [-0.15, -0.1) is 11.3 Å². The molecule has 3 aromatic rings. The summed E-state index contributed by atoms with van der Waals surface area (Å²) in [7, 11) is 1.58. The second kappa shape index (κ2) is 5.73. The summed E-state index contributed by atoms with van der Waals surface area (Å²) in [4.78, 5) is 29.1. The molecule has 0 radical (unpaired) electrons. The van der Waals surface area contributed by atoms with Crippen LogP contribution in [0.5, 0.6) is 0 Å². The zero-order valence-electron chi connectivity index (χ0n) is 12.2. The van der Waals surface area contributed by atoms with Crippen molar-refractivity contribution in [1.82, 2.24) is 9.55 Å². The number of pyridine rings is 1. The van der Waals surface area contributed by atoms with Crippen LogP contribution in [0.25, 0.3) is 21.3 Å². The lowest BCUT2D eigenvalue weighted by Crippen LogP contribution is -2.25. The second-order valence-corrected chi connectivity index (χ2v) is 5.56. The molecule has 0 aliphatic rings. The van der Waals surface area contributed by atoms with Crippen LogP contribution >= 0.6 is 11.3 Å². The largest absolute Gasteiger partial charge is 0.461 e. The highest BCUT2D eigenvalue weighted by atomic mass is 32.1. The van der Waals surface area contributed by atoms with Gasteiger partial charge in [-0.25, -0.2) is 9.78 Å². The Hall–Kier alpha value is -2.47. The van der Waals surface area contributed by atoms with Crippen molar-refractivity contribution in [3.63, 3.8) is 0 Å². The topological polar surface area (TPSA) is 61.2 Å². The van der Waals surface area contributed by atoms with E-state index in [-0.39, 0.29) is 17.9 Å². The van der Waals surface area contributed by atoms with Crippen LogP contribution in [0.2, 0.25) is 0 Å². The van der Waals surface area contributed by atoms with Gasteiger partial charge in [-0.05, 0) is 12.5 Å². The average molecular weight is 314 g/mol. The van der Waals surface area contributed by atoms with Crippen molar-refractivity contribution in [3.05, 3.63) is 51.9 Å². The minimum absolute atomic E-state index is 0.233. The highest BCUT2D eigenvalue weighted by molar-refractivity contribution is 7.16. The van der Waals surface area contributed by atoms with Crippen LogP contribution in [0.4, 0.5) is 0 Å². The molecule has 0 amide bonds. The van der Waals surface area contributed by atoms with Crippen molar-refractivity contribution in [3.8, 4) is 11.1 Å². The molecule has 0 saturated heterocycles. The maximum Gasteiger partial charge on any atom is 0.355 e. The number of rotatable bonds is 3. The predicted octanol–water partition coefficient (Wildman–Crippen LogP) is 2.84. The number of carbonyl (C=O) groups excluding carboxylic acids is 1. The van der Waals surface area contributed by atoms with Crippen LogP contribution in [0, 0.1) is 0 Å². The Morgan fingerprint density at radius 1 is 1.32 bits per heavy atom. The summed E-state index contributed by atoms with van der Waals surface area (Å²) in [6.07, 6.45) is 0. The Balaban J connectivity index is 2.44. The van der Waals surface area contributed by atoms with E-state index in [0.717, 1.165) is 5.56 Å². The molecule has 0 saturated carbocycles. The van der Waals surface area contributed by atoms with Crippen molar-refractivity contribution in [2.45, 2.75) is 6.92 Å². The highest BCUT2D eigenvalue weighted by Gasteiger charge is 2.24. The summed E-state index contributed by atoms with van der Waals surface area (Å²) in [6.45, 7) is 1.98. The molecule has 0 aliphatic heterocycles. The lowest BCUT2D eigenvalue weighted by Gasteiger charge is -2.14. The maximum atomic E-state index is 12.4. The first-order valence-electron chi connectivity index (χ1n) is 6.83. The number of aromatic nitrogens is 2. The van der Waals surface area contributed by atoms with E-state index in [1.165, 1.54) is 15.9 Å². The van der Waals surface area contributed by atoms with Gasteiger partial charge < -0.3 is 9.30 Å². The van der Waals surface area contributed by atoms with E-state index in [0.29, 0.717) is 15.8 Å². The Morgan fingerprint density at radius 2 is 2.05 bits per heavy atom. The zero-order valence-corrected chi connectivity index (χ0v) is 13.0. The molecule has 0 spiro atoms. The number of fused-ring (bicyclic) bond motifs is 1. The first-order valence-corrected chi connectivity index (χ1v) is 7.71. The number of hydrogen-bond donors (Lipinski definition) is 0. The first-order chi connectivity index (χ1) is 10.6. The van der Waals surface area contributed by atoms with Crippen LogP contribution < -0.4 is 5.56 Å². The van der Waals surface area contributed by atoms with Crippen molar-refractivity contribution in [1.29, 1.82) is 0 Å². The molecule has 112 valence electrons. The Bertz CT molecular complexity index is 897. The number of thiazole rings is 1. The van der Waals surface area contributed by atoms with Gasteiger partial charge in [0.05, 0.1) is 17.6 Å². The van der Waals surface area contributed by atoms with E-state index >= 15 is 0 Å². The Kier molecular flexibility index (Phi) is 3.77. The molecule has 22 heavy (non-hydrogen) atoms. The maximum absolute atomic E-state index is 12.4. The summed E-state index contributed by atoms with van der Waals surface area (Å²) in [6, 6.07) is 9.44. The summed E-state index contributed by atoms with van der Waals surface area (Å²) >= 11 is 1.27. The van der Waals surface area contributed by atoms with Crippen molar-refractivity contribution >= 4 is 27.5 Å². The number of nitrogens with zero attached hydrogens (tertiary/aromatic N) is 2. The molecular weight excluding hydrogens is 300 g/mol. The lowest BCUT2D eigenvalue weighted by atomic mass is 10.0. The fourth-order valence-corrected chi connectivity index (χ4v) is 3.19. The third-order valence-corrected chi connectivity index (χ3v) is 4.22. The quantitative estimate of drug-likeness (QED) is 0.697. The number of ether oxygens (including phenoxy) is 1. The minimum atomic E-state index is -0.518. The molecule has 6 heteroatoms. The number of carbonyl (C=O) groups is 1. The molecule has 0 aliphatic carbocycles. The molecule has 0 fully saturated rings. The molecule has 5 nitrogen and oxygen atoms in total. The van der Waals surface area contributed by atoms with Crippen molar-refractivity contribution in [2.75, 3.05) is 6.61 Å².